The van der Waals surface area contributed by atoms with Crippen LogP contribution in [0.25, 0.3) is 0 Å². The first-order valence-corrected chi connectivity index (χ1v) is 5.31. The lowest BCUT2D eigenvalue weighted by molar-refractivity contribution is -0.140. The van der Waals surface area contributed by atoms with E-state index >= 15 is 0 Å². The first-order valence-electron chi connectivity index (χ1n) is 5.31. The van der Waals surface area contributed by atoms with E-state index < -0.39 is 11.9 Å². The molecular weight excluding hydrogens is 222 g/mol. The topological polar surface area (TPSA) is 96.5 Å². The van der Waals surface area contributed by atoms with Crippen molar-refractivity contribution in [2.24, 2.45) is 11.7 Å². The van der Waals surface area contributed by atoms with Crippen molar-refractivity contribution in [2.45, 2.75) is 6.42 Å². The minimum atomic E-state index is -0.793. The molecule has 1 aliphatic rings. The molecule has 1 amide bonds. The predicted octanol–water partition coefficient (Wildman–Crippen LogP) is 0.0914. The van der Waals surface area contributed by atoms with Gasteiger partial charge < -0.3 is 15.7 Å². The molecule has 6 heteroatoms. The van der Waals surface area contributed by atoms with Crippen molar-refractivity contribution in [2.75, 3.05) is 18.0 Å². The van der Waals surface area contributed by atoms with Crippen LogP contribution in [-0.2, 0) is 4.79 Å². The summed E-state index contributed by atoms with van der Waals surface area (Å²) in [6, 6.07) is 3.13. The van der Waals surface area contributed by atoms with Gasteiger partial charge in [0, 0.05) is 24.8 Å². The van der Waals surface area contributed by atoms with Gasteiger partial charge in [-0.05, 0) is 18.6 Å². The van der Waals surface area contributed by atoms with Crippen molar-refractivity contribution in [3.8, 4) is 0 Å². The molecule has 3 N–H and O–H groups in total. The molecule has 1 atom stereocenters. The molecule has 90 valence electrons. The molecule has 1 unspecified atom stereocenters. The summed E-state index contributed by atoms with van der Waals surface area (Å²) in [6.07, 6.45) is 2.10. The highest BCUT2D eigenvalue weighted by molar-refractivity contribution is 5.93. The second-order valence-corrected chi connectivity index (χ2v) is 4.04. The van der Waals surface area contributed by atoms with Gasteiger partial charge in [0.25, 0.3) is 0 Å². The summed E-state index contributed by atoms with van der Waals surface area (Å²) >= 11 is 0. The van der Waals surface area contributed by atoms with Crippen LogP contribution in [0.2, 0.25) is 0 Å². The van der Waals surface area contributed by atoms with Gasteiger partial charge in [0.2, 0.25) is 5.91 Å². The van der Waals surface area contributed by atoms with E-state index in [9.17, 15) is 9.59 Å². The van der Waals surface area contributed by atoms with Crippen LogP contribution in [0.15, 0.2) is 18.3 Å². The quantitative estimate of drug-likeness (QED) is 0.774. The summed E-state index contributed by atoms with van der Waals surface area (Å²) in [5.41, 5.74) is 5.56. The molecule has 0 spiro atoms. The number of hydrogen-bond acceptors (Lipinski definition) is 4. The Kier molecular flexibility index (Phi) is 2.95. The molecule has 0 radical (unpaired) electrons. The van der Waals surface area contributed by atoms with E-state index in [1.807, 2.05) is 4.90 Å². The van der Waals surface area contributed by atoms with Crippen LogP contribution in [0.4, 0.5) is 5.82 Å². The first kappa shape index (κ1) is 11.4. The zero-order valence-electron chi connectivity index (χ0n) is 9.17. The molecule has 2 rings (SSSR count). The minimum Gasteiger partial charge on any atom is -0.481 e. The fourth-order valence-electron chi connectivity index (χ4n) is 1.91. The van der Waals surface area contributed by atoms with Crippen LogP contribution >= 0.6 is 0 Å². The lowest BCUT2D eigenvalue weighted by Crippen LogP contribution is -2.24. The third kappa shape index (κ3) is 2.35. The molecule has 1 aromatic heterocycles. The molecule has 1 aliphatic heterocycles. The number of carbonyl (C=O) groups excluding carboxylic acids is 1. The van der Waals surface area contributed by atoms with Gasteiger partial charge in [-0.15, -0.1) is 0 Å². The summed E-state index contributed by atoms with van der Waals surface area (Å²) in [5, 5.41) is 8.90. The van der Waals surface area contributed by atoms with E-state index in [0.29, 0.717) is 30.9 Å². The lowest BCUT2D eigenvalue weighted by Gasteiger charge is -2.16. The van der Waals surface area contributed by atoms with Crippen molar-refractivity contribution in [3.63, 3.8) is 0 Å². The molecule has 2 heterocycles. The number of nitrogens with two attached hydrogens (primary N) is 1. The smallest absolute Gasteiger partial charge is 0.308 e. The summed E-state index contributed by atoms with van der Waals surface area (Å²) < 4.78 is 0. The lowest BCUT2D eigenvalue weighted by atomic mass is 10.1. The van der Waals surface area contributed by atoms with Crippen molar-refractivity contribution < 1.29 is 14.7 Å². The minimum absolute atomic E-state index is 0.367. The average Bonchev–Trinajstić information content (AvgIpc) is 2.78. The van der Waals surface area contributed by atoms with Crippen molar-refractivity contribution in [1.82, 2.24) is 4.98 Å². The standard InChI is InChI=1S/C11H13N3O3/c12-10(15)7-1-3-13-9(5-7)14-4-2-8(6-14)11(16)17/h1,3,5,8H,2,4,6H2,(H2,12,15)(H,16,17). The number of hydrogen-bond donors (Lipinski definition) is 2. The number of primary amides is 1. The van der Waals surface area contributed by atoms with E-state index in [0.717, 1.165) is 0 Å². The molecule has 17 heavy (non-hydrogen) atoms. The van der Waals surface area contributed by atoms with Crippen LogP contribution in [-0.4, -0.2) is 35.1 Å². The number of amides is 1. The molecule has 1 saturated heterocycles. The highest BCUT2D eigenvalue weighted by atomic mass is 16.4. The second kappa shape index (κ2) is 4.40. The molecule has 0 bridgehead atoms. The Hall–Kier alpha value is -2.11. The molecule has 6 nitrogen and oxygen atoms in total. The summed E-state index contributed by atoms with van der Waals surface area (Å²) in [5.74, 6) is -1.07. The SMILES string of the molecule is NC(=O)c1ccnc(N2CCC(C(=O)O)C2)c1. The third-order valence-electron chi connectivity index (χ3n) is 2.89. The Balaban J connectivity index is 2.16. The Labute approximate surface area is 98.1 Å². The number of aliphatic carboxylic acids is 1. The molecular formula is C11H13N3O3. The van der Waals surface area contributed by atoms with Gasteiger partial charge in [0.1, 0.15) is 5.82 Å². The number of rotatable bonds is 3. The van der Waals surface area contributed by atoms with Gasteiger partial charge in [-0.1, -0.05) is 0 Å². The average molecular weight is 235 g/mol. The van der Waals surface area contributed by atoms with Gasteiger partial charge in [-0.3, -0.25) is 9.59 Å². The van der Waals surface area contributed by atoms with Crippen LogP contribution in [0.1, 0.15) is 16.8 Å². The van der Waals surface area contributed by atoms with E-state index in [1.54, 1.807) is 6.07 Å². The number of carboxylic acids is 1. The summed E-state index contributed by atoms with van der Waals surface area (Å²) in [6.45, 7) is 1.05. The molecule has 1 aromatic rings. The van der Waals surface area contributed by atoms with Gasteiger partial charge in [-0.25, -0.2) is 4.98 Å². The maximum Gasteiger partial charge on any atom is 0.308 e. The maximum atomic E-state index is 11.0. The van der Waals surface area contributed by atoms with Crippen molar-refractivity contribution in [1.29, 1.82) is 0 Å². The molecule has 1 fully saturated rings. The van der Waals surface area contributed by atoms with Crippen LogP contribution in [0, 0.1) is 5.92 Å². The molecule has 0 aliphatic carbocycles. The van der Waals surface area contributed by atoms with Crippen LogP contribution in [0.3, 0.4) is 0 Å². The number of carboxylic acid groups (broad SMARTS) is 1. The molecule has 0 aromatic carbocycles. The first-order chi connectivity index (χ1) is 8.08. The molecule has 0 saturated carbocycles. The highest BCUT2D eigenvalue weighted by Gasteiger charge is 2.28. The second-order valence-electron chi connectivity index (χ2n) is 4.04. The van der Waals surface area contributed by atoms with E-state index in [4.69, 9.17) is 10.8 Å². The highest BCUT2D eigenvalue weighted by Crippen LogP contribution is 2.22. The van der Waals surface area contributed by atoms with E-state index in [2.05, 4.69) is 4.98 Å². The monoisotopic (exact) mass is 235 g/mol. The fourth-order valence-corrected chi connectivity index (χ4v) is 1.91. The largest absolute Gasteiger partial charge is 0.481 e. The summed E-state index contributed by atoms with van der Waals surface area (Å²) in [7, 11) is 0. The Morgan fingerprint density at radius 2 is 2.29 bits per heavy atom. The van der Waals surface area contributed by atoms with Gasteiger partial charge in [0.15, 0.2) is 0 Å². The Bertz CT molecular complexity index is 461. The van der Waals surface area contributed by atoms with Crippen molar-refractivity contribution in [3.05, 3.63) is 23.9 Å². The normalized spacial score (nSPS) is 19.3. The zero-order valence-corrected chi connectivity index (χ0v) is 9.17. The predicted molar refractivity (Wildman–Crippen MR) is 60.7 cm³/mol. The van der Waals surface area contributed by atoms with Gasteiger partial charge in [-0.2, -0.15) is 0 Å². The number of pyridine rings is 1. The number of anilines is 1. The number of nitrogens with zero attached hydrogens (tertiary/aromatic N) is 2. The summed E-state index contributed by atoms with van der Waals surface area (Å²) in [4.78, 5) is 27.8. The zero-order chi connectivity index (χ0) is 12.4. The van der Waals surface area contributed by atoms with E-state index in [1.165, 1.54) is 12.3 Å². The van der Waals surface area contributed by atoms with Crippen LogP contribution in [0.5, 0.6) is 0 Å². The van der Waals surface area contributed by atoms with Gasteiger partial charge >= 0.3 is 5.97 Å². The Morgan fingerprint density at radius 1 is 1.53 bits per heavy atom. The van der Waals surface area contributed by atoms with E-state index in [-0.39, 0.29) is 5.92 Å². The van der Waals surface area contributed by atoms with Crippen LogP contribution < -0.4 is 10.6 Å². The van der Waals surface area contributed by atoms with Crippen molar-refractivity contribution >= 4 is 17.7 Å². The maximum absolute atomic E-state index is 11.0. The fraction of sp³-hybridized carbons (Fsp3) is 0.364. The number of aromatic nitrogens is 1. The number of carbonyl (C=O) groups is 2. The van der Waals surface area contributed by atoms with Gasteiger partial charge in [0.05, 0.1) is 5.92 Å². The third-order valence-corrected chi connectivity index (χ3v) is 2.89. The Morgan fingerprint density at radius 3 is 2.88 bits per heavy atom.